The predicted octanol–water partition coefficient (Wildman–Crippen LogP) is 4.70. The smallest absolute Gasteiger partial charge is 0.416 e. The number of rotatable bonds is 4. The molecule has 160 valence electrons. The quantitative estimate of drug-likeness (QED) is 0.584. The predicted molar refractivity (Wildman–Crippen MR) is 123 cm³/mol. The van der Waals surface area contributed by atoms with Crippen molar-refractivity contribution in [3.05, 3.63) is 101 Å². The molecule has 0 bridgehead atoms. The first-order valence-electron chi connectivity index (χ1n) is 10.4. The Balaban J connectivity index is 1.68. The van der Waals surface area contributed by atoms with Gasteiger partial charge in [0.2, 0.25) is 0 Å². The van der Waals surface area contributed by atoms with Crippen molar-refractivity contribution in [3.8, 4) is 0 Å². The number of hydrogen-bond donors (Lipinski definition) is 0. The number of imide groups is 1. The second-order valence-corrected chi connectivity index (χ2v) is 8.05. The SMILES string of the molecule is O=C1OCCN1C(=O)[C@H]1[C@H](c2ccccc2)C(c2cccc(Cl)c2)=NN1c1ccccc1. The van der Waals surface area contributed by atoms with Gasteiger partial charge < -0.3 is 4.74 Å². The lowest BCUT2D eigenvalue weighted by Gasteiger charge is -2.29. The van der Waals surface area contributed by atoms with Gasteiger partial charge in [-0.3, -0.25) is 9.80 Å². The van der Waals surface area contributed by atoms with Gasteiger partial charge in [-0.15, -0.1) is 0 Å². The summed E-state index contributed by atoms with van der Waals surface area (Å²) in [7, 11) is 0. The molecule has 0 spiro atoms. The number of carbonyl (C=O) groups is 2. The Labute approximate surface area is 190 Å². The Hall–Kier alpha value is -3.64. The number of benzene rings is 3. The lowest BCUT2D eigenvalue weighted by Crippen LogP contribution is -2.48. The molecule has 2 atom stereocenters. The maximum Gasteiger partial charge on any atom is 0.416 e. The van der Waals surface area contributed by atoms with E-state index in [0.717, 1.165) is 16.8 Å². The van der Waals surface area contributed by atoms with E-state index in [1.807, 2.05) is 78.9 Å². The molecule has 2 aliphatic rings. The summed E-state index contributed by atoms with van der Waals surface area (Å²) in [6.45, 7) is 0.422. The summed E-state index contributed by atoms with van der Waals surface area (Å²) in [5.74, 6) is -0.748. The zero-order valence-electron chi connectivity index (χ0n) is 17.1. The fraction of sp³-hybridized carbons (Fsp3) is 0.160. The molecule has 1 saturated heterocycles. The fourth-order valence-electron chi connectivity index (χ4n) is 4.22. The van der Waals surface area contributed by atoms with Crippen LogP contribution in [0.25, 0.3) is 0 Å². The Bertz CT molecular complexity index is 1180. The van der Waals surface area contributed by atoms with E-state index in [0.29, 0.717) is 10.7 Å². The van der Waals surface area contributed by atoms with Crippen molar-refractivity contribution in [1.82, 2.24) is 4.90 Å². The van der Waals surface area contributed by atoms with Gasteiger partial charge in [-0.05, 0) is 35.4 Å². The molecule has 7 heteroatoms. The van der Waals surface area contributed by atoms with E-state index in [1.54, 1.807) is 11.1 Å². The van der Waals surface area contributed by atoms with Crippen molar-refractivity contribution < 1.29 is 14.3 Å². The molecule has 3 aromatic carbocycles. The van der Waals surface area contributed by atoms with Crippen LogP contribution in [0.4, 0.5) is 10.5 Å². The average Bonchev–Trinajstić information content (AvgIpc) is 3.44. The Kier molecular flexibility index (Phi) is 5.37. The highest BCUT2D eigenvalue weighted by Gasteiger charge is 2.48. The number of hydrogen-bond acceptors (Lipinski definition) is 5. The monoisotopic (exact) mass is 445 g/mol. The van der Waals surface area contributed by atoms with Gasteiger partial charge in [-0.1, -0.05) is 72.3 Å². The molecule has 0 aromatic heterocycles. The van der Waals surface area contributed by atoms with Gasteiger partial charge in [0.05, 0.1) is 23.9 Å². The summed E-state index contributed by atoms with van der Waals surface area (Å²) in [6, 6.07) is 25.9. The zero-order valence-corrected chi connectivity index (χ0v) is 17.9. The summed E-state index contributed by atoms with van der Waals surface area (Å²) < 4.78 is 5.05. The summed E-state index contributed by atoms with van der Waals surface area (Å²) in [6.07, 6.45) is -0.619. The van der Waals surface area contributed by atoms with Crippen molar-refractivity contribution in [1.29, 1.82) is 0 Å². The maximum absolute atomic E-state index is 13.8. The molecule has 32 heavy (non-hydrogen) atoms. The first-order chi connectivity index (χ1) is 15.6. The van der Waals surface area contributed by atoms with Crippen LogP contribution < -0.4 is 5.01 Å². The number of halogens is 1. The van der Waals surface area contributed by atoms with Gasteiger partial charge in [-0.25, -0.2) is 9.69 Å². The number of ether oxygens (including phenoxy) is 1. The Morgan fingerprint density at radius 1 is 0.969 bits per heavy atom. The highest BCUT2D eigenvalue weighted by atomic mass is 35.5. The highest BCUT2D eigenvalue weighted by molar-refractivity contribution is 6.31. The van der Waals surface area contributed by atoms with E-state index < -0.39 is 18.1 Å². The third-order valence-electron chi connectivity index (χ3n) is 5.67. The van der Waals surface area contributed by atoms with Crippen LogP contribution in [-0.2, 0) is 9.53 Å². The maximum atomic E-state index is 13.8. The molecule has 0 unspecified atom stereocenters. The molecule has 0 aliphatic carbocycles. The number of amides is 2. The number of hydrazone groups is 1. The van der Waals surface area contributed by atoms with Crippen molar-refractivity contribution >= 4 is 35.0 Å². The third kappa shape index (κ3) is 3.63. The number of carbonyl (C=O) groups excluding carboxylic acids is 2. The molecular formula is C25H20ClN3O3. The average molecular weight is 446 g/mol. The van der Waals surface area contributed by atoms with Gasteiger partial charge in [0.1, 0.15) is 12.6 Å². The van der Waals surface area contributed by atoms with E-state index in [4.69, 9.17) is 21.4 Å². The van der Waals surface area contributed by atoms with Crippen LogP contribution in [0.15, 0.2) is 90.0 Å². The second kappa shape index (κ2) is 8.48. The van der Waals surface area contributed by atoms with Gasteiger partial charge >= 0.3 is 6.09 Å². The van der Waals surface area contributed by atoms with Gasteiger partial charge in [-0.2, -0.15) is 5.10 Å². The number of nitrogens with zero attached hydrogens (tertiary/aromatic N) is 3. The van der Waals surface area contributed by atoms with Crippen LogP contribution in [0.2, 0.25) is 5.02 Å². The first kappa shape index (κ1) is 20.3. The van der Waals surface area contributed by atoms with Crippen LogP contribution in [0.3, 0.4) is 0 Å². The summed E-state index contributed by atoms with van der Waals surface area (Å²) in [5, 5.41) is 7.21. The van der Waals surface area contributed by atoms with E-state index in [1.165, 1.54) is 4.90 Å². The van der Waals surface area contributed by atoms with Crippen LogP contribution in [0.5, 0.6) is 0 Å². The molecule has 0 N–H and O–H groups in total. The van der Waals surface area contributed by atoms with Crippen molar-refractivity contribution in [2.24, 2.45) is 5.10 Å². The van der Waals surface area contributed by atoms with Gasteiger partial charge in [0.25, 0.3) is 5.91 Å². The normalized spacial score (nSPS) is 20.3. The largest absolute Gasteiger partial charge is 0.447 e. The molecule has 2 aliphatic heterocycles. The second-order valence-electron chi connectivity index (χ2n) is 7.61. The lowest BCUT2D eigenvalue weighted by molar-refractivity contribution is -0.129. The Morgan fingerprint density at radius 2 is 1.69 bits per heavy atom. The molecular weight excluding hydrogens is 426 g/mol. The van der Waals surface area contributed by atoms with Crippen LogP contribution in [0.1, 0.15) is 17.0 Å². The fourth-order valence-corrected chi connectivity index (χ4v) is 4.41. The molecule has 3 aromatic rings. The third-order valence-corrected chi connectivity index (χ3v) is 5.90. The highest BCUT2D eigenvalue weighted by Crippen LogP contribution is 2.38. The minimum absolute atomic E-state index is 0.195. The van der Waals surface area contributed by atoms with E-state index in [-0.39, 0.29) is 19.1 Å². The molecule has 2 amide bonds. The minimum Gasteiger partial charge on any atom is -0.447 e. The van der Waals surface area contributed by atoms with Crippen molar-refractivity contribution in [2.75, 3.05) is 18.2 Å². The zero-order chi connectivity index (χ0) is 22.1. The first-order valence-corrected chi connectivity index (χ1v) is 10.7. The van der Waals surface area contributed by atoms with Crippen LogP contribution in [-0.4, -0.2) is 41.8 Å². The topological polar surface area (TPSA) is 62.2 Å². The van der Waals surface area contributed by atoms with Crippen molar-refractivity contribution in [2.45, 2.75) is 12.0 Å². The minimum atomic E-state index is -0.751. The lowest BCUT2D eigenvalue weighted by atomic mass is 9.84. The van der Waals surface area contributed by atoms with E-state index >= 15 is 0 Å². The molecule has 0 radical (unpaired) electrons. The van der Waals surface area contributed by atoms with Crippen LogP contribution in [0, 0.1) is 0 Å². The van der Waals surface area contributed by atoms with Gasteiger partial charge in [0.15, 0.2) is 0 Å². The van der Waals surface area contributed by atoms with E-state index in [9.17, 15) is 9.59 Å². The summed E-state index contributed by atoms with van der Waals surface area (Å²) in [5.41, 5.74) is 3.23. The van der Waals surface area contributed by atoms with E-state index in [2.05, 4.69) is 0 Å². The number of anilines is 1. The number of cyclic esters (lactones) is 1. The molecule has 6 nitrogen and oxygen atoms in total. The summed E-state index contributed by atoms with van der Waals surface area (Å²) >= 11 is 6.29. The molecule has 1 fully saturated rings. The summed E-state index contributed by atoms with van der Waals surface area (Å²) in [4.78, 5) is 27.2. The van der Waals surface area contributed by atoms with Gasteiger partial charge in [0, 0.05) is 5.02 Å². The Morgan fingerprint density at radius 3 is 2.34 bits per heavy atom. The van der Waals surface area contributed by atoms with Crippen molar-refractivity contribution in [3.63, 3.8) is 0 Å². The number of para-hydroxylation sites is 1. The molecule has 2 heterocycles. The van der Waals surface area contributed by atoms with Crippen LogP contribution >= 0.6 is 11.6 Å². The molecule has 5 rings (SSSR count). The molecule has 0 saturated carbocycles. The standard InChI is InChI=1S/C25H20ClN3O3/c26-19-11-7-10-18(16-19)22-21(17-8-3-1-4-9-17)23(24(30)28-14-15-32-25(28)31)29(27-22)20-12-5-2-6-13-20/h1-13,16,21,23H,14-15H2/t21-,23-/m1/s1.